The van der Waals surface area contributed by atoms with Crippen molar-refractivity contribution in [1.82, 2.24) is 0 Å². The number of hydrogen-bond donors (Lipinski definition) is 1. The maximum Gasteiger partial charge on any atom is 0.335 e. The molecule has 2 rings (SSSR count). The molecule has 0 aliphatic rings. The van der Waals surface area contributed by atoms with Gasteiger partial charge in [-0.05, 0) is 36.8 Å². The number of thiophene rings is 1. The molecule has 5 heteroatoms. The molecule has 0 radical (unpaired) electrons. The van der Waals surface area contributed by atoms with Crippen LogP contribution in [0.4, 0.5) is 0 Å². The molecular formula is C15H16O4S. The van der Waals surface area contributed by atoms with Gasteiger partial charge in [-0.2, -0.15) is 0 Å². The van der Waals surface area contributed by atoms with E-state index in [9.17, 15) is 4.79 Å². The average Bonchev–Trinajstić information content (AvgIpc) is 2.92. The zero-order chi connectivity index (χ0) is 14.5. The van der Waals surface area contributed by atoms with Crippen LogP contribution in [0.5, 0.6) is 11.5 Å². The lowest BCUT2D eigenvalue weighted by molar-refractivity contribution is 0.0696. The first kappa shape index (κ1) is 14.4. The summed E-state index contributed by atoms with van der Waals surface area (Å²) in [5.41, 5.74) is 0.179. The third-order valence-corrected chi connectivity index (χ3v) is 4.05. The van der Waals surface area contributed by atoms with E-state index in [-0.39, 0.29) is 5.56 Å². The monoisotopic (exact) mass is 292 g/mol. The molecule has 20 heavy (non-hydrogen) atoms. The first-order valence-corrected chi connectivity index (χ1v) is 7.07. The van der Waals surface area contributed by atoms with Crippen LogP contribution in [0.2, 0.25) is 0 Å². The van der Waals surface area contributed by atoms with E-state index in [1.165, 1.54) is 24.1 Å². The highest BCUT2D eigenvalue weighted by molar-refractivity contribution is 7.11. The van der Waals surface area contributed by atoms with E-state index in [0.29, 0.717) is 18.1 Å². The smallest absolute Gasteiger partial charge is 0.335 e. The topological polar surface area (TPSA) is 55.8 Å². The van der Waals surface area contributed by atoms with Crippen molar-refractivity contribution in [3.8, 4) is 11.5 Å². The van der Waals surface area contributed by atoms with Gasteiger partial charge < -0.3 is 14.6 Å². The fourth-order valence-corrected chi connectivity index (χ4v) is 2.63. The summed E-state index contributed by atoms with van der Waals surface area (Å²) >= 11 is 1.71. The number of rotatable bonds is 6. The van der Waals surface area contributed by atoms with Crippen LogP contribution in [0.15, 0.2) is 30.3 Å². The Labute approximate surface area is 121 Å². The molecule has 0 spiro atoms. The number of carboxylic acid groups (broad SMARTS) is 1. The van der Waals surface area contributed by atoms with E-state index in [2.05, 4.69) is 13.0 Å². The third-order valence-electron chi connectivity index (χ3n) is 2.85. The van der Waals surface area contributed by atoms with Crippen molar-refractivity contribution >= 4 is 17.3 Å². The molecule has 2 aromatic rings. The second-order valence-corrected chi connectivity index (χ2v) is 5.43. The molecular weight excluding hydrogens is 276 g/mol. The lowest BCUT2D eigenvalue weighted by Crippen LogP contribution is -2.00. The van der Waals surface area contributed by atoms with Crippen LogP contribution >= 0.6 is 11.3 Å². The second kappa shape index (κ2) is 6.43. The highest BCUT2D eigenvalue weighted by atomic mass is 32.1. The van der Waals surface area contributed by atoms with E-state index < -0.39 is 5.97 Å². The number of hydrogen-bond acceptors (Lipinski definition) is 4. The standard InChI is InChI=1S/C15H16O4S/c1-3-11-5-6-12(20-11)9-19-13-7-4-10(15(16)17)8-14(13)18-2/h4-8H,3,9H2,1-2H3,(H,16,17). The zero-order valence-electron chi connectivity index (χ0n) is 11.4. The zero-order valence-corrected chi connectivity index (χ0v) is 12.2. The molecule has 0 fully saturated rings. The largest absolute Gasteiger partial charge is 0.493 e. The molecule has 0 bridgehead atoms. The van der Waals surface area contributed by atoms with Crippen molar-refractivity contribution < 1.29 is 19.4 Å². The Morgan fingerprint density at radius 3 is 2.55 bits per heavy atom. The van der Waals surface area contributed by atoms with Gasteiger partial charge >= 0.3 is 5.97 Å². The molecule has 0 saturated heterocycles. The van der Waals surface area contributed by atoms with Crippen LogP contribution in [-0.2, 0) is 13.0 Å². The molecule has 1 aromatic heterocycles. The molecule has 1 N–H and O–H groups in total. The minimum absolute atomic E-state index is 0.179. The van der Waals surface area contributed by atoms with Crippen LogP contribution in [0.3, 0.4) is 0 Å². The van der Waals surface area contributed by atoms with Gasteiger partial charge in [0.15, 0.2) is 11.5 Å². The van der Waals surface area contributed by atoms with E-state index in [1.54, 1.807) is 17.4 Å². The summed E-state index contributed by atoms with van der Waals surface area (Å²) in [4.78, 5) is 13.3. The molecule has 0 aliphatic heterocycles. The van der Waals surface area contributed by atoms with Crippen molar-refractivity contribution in [3.63, 3.8) is 0 Å². The average molecular weight is 292 g/mol. The van der Waals surface area contributed by atoms with Gasteiger partial charge in [-0.3, -0.25) is 0 Å². The summed E-state index contributed by atoms with van der Waals surface area (Å²) in [6.07, 6.45) is 1.02. The van der Waals surface area contributed by atoms with Gasteiger partial charge in [-0.25, -0.2) is 4.79 Å². The van der Waals surface area contributed by atoms with Crippen molar-refractivity contribution in [2.45, 2.75) is 20.0 Å². The van der Waals surface area contributed by atoms with E-state index in [4.69, 9.17) is 14.6 Å². The molecule has 0 unspecified atom stereocenters. The lowest BCUT2D eigenvalue weighted by atomic mass is 10.2. The number of ether oxygens (including phenoxy) is 2. The normalized spacial score (nSPS) is 10.3. The number of carboxylic acids is 1. The summed E-state index contributed by atoms with van der Waals surface area (Å²) in [6, 6.07) is 8.72. The summed E-state index contributed by atoms with van der Waals surface area (Å²) in [6.45, 7) is 2.57. The summed E-state index contributed by atoms with van der Waals surface area (Å²) in [5.74, 6) is -0.0122. The van der Waals surface area contributed by atoms with Crippen LogP contribution < -0.4 is 9.47 Å². The Morgan fingerprint density at radius 1 is 1.20 bits per heavy atom. The van der Waals surface area contributed by atoms with Crippen LogP contribution in [0.25, 0.3) is 0 Å². The molecule has 1 heterocycles. The van der Waals surface area contributed by atoms with E-state index in [1.807, 2.05) is 6.07 Å². The molecule has 106 valence electrons. The van der Waals surface area contributed by atoms with Gasteiger partial charge in [0, 0.05) is 9.75 Å². The minimum Gasteiger partial charge on any atom is -0.493 e. The summed E-state index contributed by atoms with van der Waals surface area (Å²) < 4.78 is 10.9. The maximum absolute atomic E-state index is 10.9. The highest BCUT2D eigenvalue weighted by Gasteiger charge is 2.10. The van der Waals surface area contributed by atoms with Gasteiger partial charge in [0.25, 0.3) is 0 Å². The maximum atomic E-state index is 10.9. The highest BCUT2D eigenvalue weighted by Crippen LogP contribution is 2.29. The second-order valence-electron chi connectivity index (χ2n) is 4.18. The van der Waals surface area contributed by atoms with Gasteiger partial charge in [-0.15, -0.1) is 11.3 Å². The number of aromatic carboxylic acids is 1. The Hall–Kier alpha value is -2.01. The summed E-state index contributed by atoms with van der Waals surface area (Å²) in [7, 11) is 1.49. The third kappa shape index (κ3) is 3.30. The van der Waals surface area contributed by atoms with E-state index in [0.717, 1.165) is 11.3 Å². The van der Waals surface area contributed by atoms with Crippen LogP contribution in [0.1, 0.15) is 27.0 Å². The molecule has 1 aromatic carbocycles. The predicted octanol–water partition coefficient (Wildman–Crippen LogP) is 3.60. The van der Waals surface area contributed by atoms with Gasteiger partial charge in [-0.1, -0.05) is 6.92 Å². The number of carbonyl (C=O) groups is 1. The Kier molecular flexibility index (Phi) is 4.63. The Bertz CT molecular complexity index is 604. The fourth-order valence-electron chi connectivity index (χ4n) is 1.76. The van der Waals surface area contributed by atoms with Gasteiger partial charge in [0.1, 0.15) is 6.61 Å². The molecule has 0 aliphatic carbocycles. The predicted molar refractivity (Wildman–Crippen MR) is 78.0 cm³/mol. The lowest BCUT2D eigenvalue weighted by Gasteiger charge is -2.10. The van der Waals surface area contributed by atoms with Crippen LogP contribution in [-0.4, -0.2) is 18.2 Å². The van der Waals surface area contributed by atoms with Crippen molar-refractivity contribution in [2.75, 3.05) is 7.11 Å². The van der Waals surface area contributed by atoms with Crippen LogP contribution in [0, 0.1) is 0 Å². The van der Waals surface area contributed by atoms with Gasteiger partial charge in [0.2, 0.25) is 0 Å². The Balaban J connectivity index is 2.10. The quantitative estimate of drug-likeness (QED) is 0.884. The number of benzene rings is 1. The number of aryl methyl sites for hydroxylation is 1. The number of methoxy groups -OCH3 is 1. The fraction of sp³-hybridized carbons (Fsp3) is 0.267. The SMILES string of the molecule is CCc1ccc(COc2ccc(C(=O)O)cc2OC)s1. The van der Waals surface area contributed by atoms with Gasteiger partial charge in [0.05, 0.1) is 12.7 Å². The first-order valence-electron chi connectivity index (χ1n) is 6.25. The van der Waals surface area contributed by atoms with Crippen molar-refractivity contribution in [2.24, 2.45) is 0 Å². The molecule has 0 saturated carbocycles. The molecule has 0 atom stereocenters. The van der Waals surface area contributed by atoms with Crippen molar-refractivity contribution in [1.29, 1.82) is 0 Å². The molecule has 0 amide bonds. The minimum atomic E-state index is -0.985. The van der Waals surface area contributed by atoms with E-state index >= 15 is 0 Å². The van der Waals surface area contributed by atoms with Crippen molar-refractivity contribution in [3.05, 3.63) is 45.6 Å². The first-order chi connectivity index (χ1) is 9.63. The molecule has 4 nitrogen and oxygen atoms in total. The summed E-state index contributed by atoms with van der Waals surface area (Å²) in [5, 5.41) is 8.94. The Morgan fingerprint density at radius 2 is 1.95 bits per heavy atom.